The van der Waals surface area contributed by atoms with Crippen LogP contribution >= 0.6 is 0 Å². The standard InChI is InChI=1S/C21H25N5O2/c1-2-9-24-11-13-25(14-12-24)17-7-5-16(6-8-17)18-15-26-10-3-4-19(20(26)23-18)28-21(22)27/h3-8,10,15H,2,9,11-14H2,1H3,(H2,22,27). The summed E-state index contributed by atoms with van der Waals surface area (Å²) in [5.74, 6) is 0.350. The molecule has 1 aromatic carbocycles. The third-order valence-corrected chi connectivity index (χ3v) is 5.10. The molecule has 7 heteroatoms. The average Bonchev–Trinajstić information content (AvgIpc) is 3.14. The van der Waals surface area contributed by atoms with Crippen molar-refractivity contribution in [1.29, 1.82) is 0 Å². The highest BCUT2D eigenvalue weighted by atomic mass is 16.5. The van der Waals surface area contributed by atoms with Crippen LogP contribution in [-0.4, -0.2) is 53.1 Å². The van der Waals surface area contributed by atoms with Crippen molar-refractivity contribution in [2.75, 3.05) is 37.6 Å². The van der Waals surface area contributed by atoms with Gasteiger partial charge in [-0.05, 0) is 37.2 Å². The number of anilines is 1. The van der Waals surface area contributed by atoms with Crippen LogP contribution in [0.5, 0.6) is 5.75 Å². The van der Waals surface area contributed by atoms with Gasteiger partial charge in [0.2, 0.25) is 0 Å². The van der Waals surface area contributed by atoms with E-state index in [2.05, 4.69) is 46.0 Å². The number of aromatic nitrogens is 2. The Morgan fingerprint density at radius 2 is 1.89 bits per heavy atom. The van der Waals surface area contributed by atoms with Crippen LogP contribution in [0.2, 0.25) is 0 Å². The molecule has 0 bridgehead atoms. The quantitative estimate of drug-likeness (QED) is 0.738. The number of piperazine rings is 1. The highest BCUT2D eigenvalue weighted by Gasteiger charge is 2.17. The van der Waals surface area contributed by atoms with Gasteiger partial charge in [0, 0.05) is 49.8 Å². The number of ether oxygens (including phenoxy) is 1. The maximum absolute atomic E-state index is 11.1. The summed E-state index contributed by atoms with van der Waals surface area (Å²) >= 11 is 0. The maximum Gasteiger partial charge on any atom is 0.410 e. The van der Waals surface area contributed by atoms with Crippen molar-refractivity contribution in [1.82, 2.24) is 14.3 Å². The molecule has 0 saturated carbocycles. The van der Waals surface area contributed by atoms with Crippen molar-refractivity contribution in [3.05, 3.63) is 48.8 Å². The van der Waals surface area contributed by atoms with Crippen LogP contribution < -0.4 is 15.4 Å². The van der Waals surface area contributed by atoms with Gasteiger partial charge in [-0.2, -0.15) is 0 Å². The van der Waals surface area contributed by atoms with E-state index in [-0.39, 0.29) is 0 Å². The van der Waals surface area contributed by atoms with Crippen molar-refractivity contribution in [3.63, 3.8) is 0 Å². The number of carbonyl (C=O) groups is 1. The lowest BCUT2D eigenvalue weighted by Gasteiger charge is -2.36. The second-order valence-electron chi connectivity index (χ2n) is 7.03. The summed E-state index contributed by atoms with van der Waals surface area (Å²) in [4.78, 5) is 20.7. The Balaban J connectivity index is 1.52. The molecule has 28 heavy (non-hydrogen) atoms. The van der Waals surface area contributed by atoms with Crippen LogP contribution in [0.3, 0.4) is 0 Å². The molecule has 2 N–H and O–H groups in total. The van der Waals surface area contributed by atoms with Gasteiger partial charge < -0.3 is 19.8 Å². The van der Waals surface area contributed by atoms with Crippen molar-refractivity contribution >= 4 is 17.4 Å². The largest absolute Gasteiger partial charge is 0.410 e. The van der Waals surface area contributed by atoms with Crippen molar-refractivity contribution in [3.8, 4) is 17.0 Å². The van der Waals surface area contributed by atoms with Crippen LogP contribution in [0.1, 0.15) is 13.3 Å². The number of rotatable bonds is 5. The van der Waals surface area contributed by atoms with E-state index < -0.39 is 6.09 Å². The monoisotopic (exact) mass is 379 g/mol. The van der Waals surface area contributed by atoms with Gasteiger partial charge in [0.05, 0.1) is 5.69 Å². The van der Waals surface area contributed by atoms with E-state index in [1.165, 1.54) is 18.7 Å². The molecule has 3 heterocycles. The summed E-state index contributed by atoms with van der Waals surface area (Å²) in [5.41, 5.74) is 8.78. The number of amides is 1. The number of benzene rings is 1. The Bertz CT molecular complexity index is 959. The molecule has 146 valence electrons. The molecule has 0 unspecified atom stereocenters. The number of fused-ring (bicyclic) bond motifs is 1. The van der Waals surface area contributed by atoms with Gasteiger partial charge in [0.25, 0.3) is 0 Å². The zero-order valence-corrected chi connectivity index (χ0v) is 16.0. The number of hydrogen-bond donors (Lipinski definition) is 1. The molecular formula is C21H25N5O2. The molecule has 1 aliphatic heterocycles. The third kappa shape index (κ3) is 3.80. The van der Waals surface area contributed by atoms with Crippen LogP contribution in [0, 0.1) is 0 Å². The summed E-state index contributed by atoms with van der Waals surface area (Å²) in [6, 6.07) is 11.9. The van der Waals surface area contributed by atoms with E-state index in [4.69, 9.17) is 10.5 Å². The van der Waals surface area contributed by atoms with E-state index in [9.17, 15) is 4.79 Å². The molecule has 1 amide bonds. The number of nitrogens with two attached hydrogens (primary N) is 1. The molecule has 0 spiro atoms. The smallest absolute Gasteiger partial charge is 0.406 e. The summed E-state index contributed by atoms with van der Waals surface area (Å²) in [7, 11) is 0. The second-order valence-corrected chi connectivity index (χ2v) is 7.03. The van der Waals surface area contributed by atoms with Gasteiger partial charge >= 0.3 is 6.09 Å². The van der Waals surface area contributed by atoms with Crippen LogP contribution in [0.25, 0.3) is 16.9 Å². The zero-order valence-electron chi connectivity index (χ0n) is 16.0. The molecule has 0 aliphatic carbocycles. The fourth-order valence-corrected chi connectivity index (χ4v) is 3.70. The van der Waals surface area contributed by atoms with Gasteiger partial charge in [-0.25, -0.2) is 9.78 Å². The van der Waals surface area contributed by atoms with E-state index >= 15 is 0 Å². The van der Waals surface area contributed by atoms with Gasteiger partial charge in [0.1, 0.15) is 0 Å². The molecule has 0 radical (unpaired) electrons. The highest BCUT2D eigenvalue weighted by Crippen LogP contribution is 2.26. The molecule has 1 saturated heterocycles. The first-order valence-electron chi connectivity index (χ1n) is 9.67. The van der Waals surface area contributed by atoms with Crippen LogP contribution in [0.4, 0.5) is 10.5 Å². The lowest BCUT2D eigenvalue weighted by molar-refractivity contribution is 0.211. The molecule has 1 aliphatic rings. The lowest BCUT2D eigenvalue weighted by atomic mass is 10.1. The van der Waals surface area contributed by atoms with Gasteiger partial charge in [-0.3, -0.25) is 4.90 Å². The average molecular weight is 379 g/mol. The summed E-state index contributed by atoms with van der Waals surface area (Å²) in [6.45, 7) is 7.76. The van der Waals surface area contributed by atoms with Crippen molar-refractivity contribution < 1.29 is 9.53 Å². The normalized spacial score (nSPS) is 15.1. The number of carbonyl (C=O) groups excluding carboxylic acids is 1. The highest BCUT2D eigenvalue weighted by molar-refractivity contribution is 5.73. The van der Waals surface area contributed by atoms with Gasteiger partial charge in [-0.1, -0.05) is 19.1 Å². The molecule has 7 nitrogen and oxygen atoms in total. The van der Waals surface area contributed by atoms with E-state index in [1.807, 2.05) is 16.8 Å². The van der Waals surface area contributed by atoms with Crippen molar-refractivity contribution in [2.45, 2.75) is 13.3 Å². The number of primary amides is 1. The van der Waals surface area contributed by atoms with Crippen LogP contribution in [0.15, 0.2) is 48.8 Å². The number of pyridine rings is 1. The zero-order chi connectivity index (χ0) is 19.5. The minimum Gasteiger partial charge on any atom is -0.406 e. The van der Waals surface area contributed by atoms with Crippen LogP contribution in [-0.2, 0) is 0 Å². The number of hydrogen-bond acceptors (Lipinski definition) is 5. The van der Waals surface area contributed by atoms with E-state index in [0.717, 1.165) is 37.4 Å². The lowest BCUT2D eigenvalue weighted by Crippen LogP contribution is -2.46. The summed E-state index contributed by atoms with van der Waals surface area (Å²) in [6.07, 6.45) is 4.15. The summed E-state index contributed by atoms with van der Waals surface area (Å²) in [5, 5.41) is 0. The third-order valence-electron chi connectivity index (χ3n) is 5.10. The predicted octanol–water partition coefficient (Wildman–Crippen LogP) is 2.99. The Labute approximate surface area is 164 Å². The topological polar surface area (TPSA) is 76.1 Å². The fraction of sp³-hybridized carbons (Fsp3) is 0.333. The summed E-state index contributed by atoms with van der Waals surface area (Å²) < 4.78 is 6.87. The Morgan fingerprint density at radius 3 is 2.57 bits per heavy atom. The SMILES string of the molecule is CCCN1CCN(c2ccc(-c3cn4cccc(OC(N)=O)c4n3)cc2)CC1. The Hall–Kier alpha value is -3.06. The first-order chi connectivity index (χ1) is 13.6. The van der Waals surface area contributed by atoms with E-state index in [0.29, 0.717) is 11.4 Å². The van der Waals surface area contributed by atoms with Crippen molar-refractivity contribution in [2.24, 2.45) is 5.73 Å². The van der Waals surface area contributed by atoms with Gasteiger partial charge in [-0.15, -0.1) is 0 Å². The predicted molar refractivity (Wildman–Crippen MR) is 110 cm³/mol. The first kappa shape index (κ1) is 18.3. The fourth-order valence-electron chi connectivity index (χ4n) is 3.70. The molecule has 2 aromatic heterocycles. The number of imidazole rings is 1. The molecule has 1 fully saturated rings. The Kier molecular flexibility index (Phi) is 5.16. The minimum atomic E-state index is -0.846. The first-order valence-corrected chi connectivity index (χ1v) is 9.67. The molecule has 0 atom stereocenters. The maximum atomic E-state index is 11.1. The Morgan fingerprint density at radius 1 is 1.14 bits per heavy atom. The second kappa shape index (κ2) is 7.90. The molecular weight excluding hydrogens is 354 g/mol. The molecule has 4 rings (SSSR count). The number of nitrogens with zero attached hydrogens (tertiary/aromatic N) is 4. The van der Waals surface area contributed by atoms with E-state index in [1.54, 1.807) is 12.1 Å². The van der Waals surface area contributed by atoms with Gasteiger partial charge in [0.15, 0.2) is 11.4 Å². The minimum absolute atomic E-state index is 0.350. The molecule has 3 aromatic rings.